The maximum atomic E-state index is 12.7. The van der Waals surface area contributed by atoms with Crippen LogP contribution in [0.2, 0.25) is 0 Å². The SMILES string of the molecule is CCOC(=O)c1conc1-c1ccc(F)cn1.OCc1conc1-c1ccc(F)cn1. The molecular formula is C20H16F2N4O5. The number of pyridine rings is 2. The molecule has 0 saturated heterocycles. The van der Waals surface area contributed by atoms with Crippen LogP contribution >= 0.6 is 0 Å². The van der Waals surface area contributed by atoms with Gasteiger partial charge in [-0.05, 0) is 31.2 Å². The topological polar surface area (TPSA) is 124 Å². The van der Waals surface area contributed by atoms with Crippen molar-refractivity contribution in [2.24, 2.45) is 0 Å². The zero-order valence-corrected chi connectivity index (χ0v) is 16.2. The number of aliphatic hydroxyl groups is 1. The monoisotopic (exact) mass is 430 g/mol. The first-order valence-corrected chi connectivity index (χ1v) is 8.93. The Bertz CT molecular complexity index is 1130. The fourth-order valence-electron chi connectivity index (χ4n) is 2.39. The molecule has 4 heterocycles. The van der Waals surface area contributed by atoms with Crippen LogP contribution in [-0.4, -0.2) is 38.0 Å². The maximum absolute atomic E-state index is 12.7. The minimum atomic E-state index is -0.546. The standard InChI is InChI=1S/C11H9FN2O3.C9H7FN2O2/c1-2-16-11(15)8-6-17-14-10(8)9-4-3-7(12)5-13-9;10-7-1-2-8(11-3-7)9-6(4-13)5-14-12-9/h3-6H,2H2,1H3;1-3,5,13H,4H2. The van der Waals surface area contributed by atoms with Crippen molar-refractivity contribution >= 4 is 5.97 Å². The fourth-order valence-corrected chi connectivity index (χ4v) is 2.39. The highest BCUT2D eigenvalue weighted by Crippen LogP contribution is 2.21. The van der Waals surface area contributed by atoms with Crippen molar-refractivity contribution in [2.75, 3.05) is 6.61 Å². The minimum Gasteiger partial charge on any atom is -0.462 e. The Morgan fingerprint density at radius 2 is 1.55 bits per heavy atom. The smallest absolute Gasteiger partial charge is 0.343 e. The van der Waals surface area contributed by atoms with Crippen molar-refractivity contribution < 1.29 is 32.5 Å². The summed E-state index contributed by atoms with van der Waals surface area (Å²) in [5.41, 5.74) is 2.21. The van der Waals surface area contributed by atoms with Crippen molar-refractivity contribution in [1.82, 2.24) is 20.3 Å². The third-order valence-corrected chi connectivity index (χ3v) is 3.82. The van der Waals surface area contributed by atoms with Gasteiger partial charge in [-0.1, -0.05) is 10.3 Å². The highest BCUT2D eigenvalue weighted by atomic mass is 19.1. The predicted octanol–water partition coefficient (Wildman–Crippen LogP) is 3.42. The molecular weight excluding hydrogens is 414 g/mol. The summed E-state index contributed by atoms with van der Waals surface area (Å²) in [4.78, 5) is 19.2. The Labute approximate surface area is 174 Å². The molecule has 9 nitrogen and oxygen atoms in total. The van der Waals surface area contributed by atoms with Crippen molar-refractivity contribution in [3.63, 3.8) is 0 Å². The molecule has 31 heavy (non-hydrogen) atoms. The second-order valence-corrected chi connectivity index (χ2v) is 5.87. The Morgan fingerprint density at radius 3 is 2.10 bits per heavy atom. The van der Waals surface area contributed by atoms with E-state index in [0.717, 1.165) is 12.4 Å². The summed E-state index contributed by atoms with van der Waals surface area (Å²) in [6, 6.07) is 5.40. The molecule has 4 aromatic heterocycles. The lowest BCUT2D eigenvalue weighted by molar-refractivity contribution is 0.0526. The Balaban J connectivity index is 0.000000179. The molecule has 0 aliphatic heterocycles. The molecule has 0 aromatic carbocycles. The van der Waals surface area contributed by atoms with E-state index in [1.165, 1.54) is 36.8 Å². The largest absolute Gasteiger partial charge is 0.462 e. The van der Waals surface area contributed by atoms with Gasteiger partial charge in [0.15, 0.2) is 0 Å². The minimum absolute atomic E-state index is 0.172. The van der Waals surface area contributed by atoms with Crippen LogP contribution in [0.25, 0.3) is 22.8 Å². The molecule has 4 aromatic rings. The van der Waals surface area contributed by atoms with E-state index in [2.05, 4.69) is 24.8 Å². The van der Waals surface area contributed by atoms with Gasteiger partial charge in [0, 0.05) is 5.56 Å². The van der Waals surface area contributed by atoms with E-state index in [9.17, 15) is 13.6 Å². The van der Waals surface area contributed by atoms with E-state index in [-0.39, 0.29) is 24.5 Å². The summed E-state index contributed by atoms with van der Waals surface area (Å²) < 4.78 is 39.5. The number of hydrogen-bond acceptors (Lipinski definition) is 9. The number of carbonyl (C=O) groups excluding carboxylic acids is 1. The highest BCUT2D eigenvalue weighted by molar-refractivity contribution is 5.95. The van der Waals surface area contributed by atoms with Crippen molar-refractivity contribution in [3.8, 4) is 22.8 Å². The lowest BCUT2D eigenvalue weighted by atomic mass is 10.2. The molecule has 0 saturated carbocycles. The molecule has 11 heteroatoms. The van der Waals surface area contributed by atoms with E-state index in [1.54, 1.807) is 6.92 Å². The van der Waals surface area contributed by atoms with Gasteiger partial charge in [-0.2, -0.15) is 0 Å². The summed E-state index contributed by atoms with van der Waals surface area (Å²) in [6.07, 6.45) is 4.64. The van der Waals surface area contributed by atoms with E-state index in [0.29, 0.717) is 22.6 Å². The molecule has 0 amide bonds. The van der Waals surface area contributed by atoms with Crippen LogP contribution in [0.3, 0.4) is 0 Å². The number of ether oxygens (including phenoxy) is 1. The van der Waals surface area contributed by atoms with Crippen LogP contribution in [0.4, 0.5) is 8.78 Å². The Kier molecular flexibility index (Phi) is 7.12. The number of aromatic nitrogens is 4. The summed E-state index contributed by atoms with van der Waals surface area (Å²) in [6.45, 7) is 1.76. The summed E-state index contributed by atoms with van der Waals surface area (Å²) in [5.74, 6) is -1.42. The predicted molar refractivity (Wildman–Crippen MR) is 101 cm³/mol. The zero-order valence-electron chi connectivity index (χ0n) is 16.2. The quantitative estimate of drug-likeness (QED) is 0.474. The molecule has 0 bridgehead atoms. The van der Waals surface area contributed by atoms with Gasteiger partial charge in [0.25, 0.3) is 0 Å². The van der Waals surface area contributed by atoms with Gasteiger partial charge in [0.2, 0.25) is 0 Å². The van der Waals surface area contributed by atoms with Crippen molar-refractivity contribution in [1.29, 1.82) is 0 Å². The van der Waals surface area contributed by atoms with E-state index in [4.69, 9.17) is 14.4 Å². The first-order chi connectivity index (χ1) is 15.0. The maximum Gasteiger partial charge on any atom is 0.343 e. The van der Waals surface area contributed by atoms with Crippen LogP contribution in [0.5, 0.6) is 0 Å². The van der Waals surface area contributed by atoms with Crippen molar-refractivity contribution in [2.45, 2.75) is 13.5 Å². The number of rotatable bonds is 5. The normalized spacial score (nSPS) is 10.3. The van der Waals surface area contributed by atoms with Gasteiger partial charge in [-0.3, -0.25) is 9.97 Å². The van der Waals surface area contributed by atoms with E-state index >= 15 is 0 Å². The van der Waals surface area contributed by atoms with Crippen LogP contribution in [0.1, 0.15) is 22.8 Å². The number of hydrogen-bond donors (Lipinski definition) is 1. The summed E-state index contributed by atoms with van der Waals surface area (Å²) in [5, 5.41) is 16.2. The van der Waals surface area contributed by atoms with E-state index < -0.39 is 17.6 Å². The van der Waals surface area contributed by atoms with Crippen LogP contribution in [-0.2, 0) is 11.3 Å². The number of esters is 1. The second-order valence-electron chi connectivity index (χ2n) is 5.87. The van der Waals surface area contributed by atoms with Gasteiger partial charge in [0.1, 0.15) is 41.1 Å². The molecule has 0 aliphatic carbocycles. The number of carbonyl (C=O) groups is 1. The molecule has 0 fully saturated rings. The molecule has 0 unspecified atom stereocenters. The lowest BCUT2D eigenvalue weighted by Gasteiger charge is -2.00. The third kappa shape index (κ3) is 5.34. The average Bonchev–Trinajstić information content (AvgIpc) is 3.45. The van der Waals surface area contributed by atoms with Gasteiger partial charge in [-0.15, -0.1) is 0 Å². The first kappa shape index (κ1) is 21.7. The Hall–Kier alpha value is -3.99. The molecule has 1 N–H and O–H groups in total. The molecule has 160 valence electrons. The first-order valence-electron chi connectivity index (χ1n) is 8.93. The third-order valence-electron chi connectivity index (χ3n) is 3.82. The number of aliphatic hydroxyl groups excluding tert-OH is 1. The Morgan fingerprint density at radius 1 is 0.968 bits per heavy atom. The van der Waals surface area contributed by atoms with Crippen LogP contribution < -0.4 is 0 Å². The molecule has 0 radical (unpaired) electrons. The van der Waals surface area contributed by atoms with E-state index in [1.807, 2.05) is 0 Å². The summed E-state index contributed by atoms with van der Waals surface area (Å²) in [7, 11) is 0. The zero-order chi connectivity index (χ0) is 22.2. The van der Waals surface area contributed by atoms with Gasteiger partial charge in [-0.25, -0.2) is 13.6 Å². The molecule has 0 spiro atoms. The number of halogens is 2. The second kappa shape index (κ2) is 10.2. The van der Waals surface area contributed by atoms with Gasteiger partial charge in [0.05, 0.1) is 37.0 Å². The van der Waals surface area contributed by atoms with Crippen LogP contribution in [0.15, 0.2) is 58.2 Å². The number of nitrogens with zero attached hydrogens (tertiary/aromatic N) is 4. The lowest BCUT2D eigenvalue weighted by Crippen LogP contribution is -2.05. The average molecular weight is 430 g/mol. The molecule has 0 atom stereocenters. The molecule has 4 rings (SSSR count). The fraction of sp³-hybridized carbons (Fsp3) is 0.150. The van der Waals surface area contributed by atoms with Crippen molar-refractivity contribution in [3.05, 3.63) is 71.9 Å². The van der Waals surface area contributed by atoms with Crippen LogP contribution in [0, 0.1) is 11.6 Å². The summed E-state index contributed by atoms with van der Waals surface area (Å²) >= 11 is 0. The highest BCUT2D eigenvalue weighted by Gasteiger charge is 2.19. The van der Waals surface area contributed by atoms with Gasteiger partial charge >= 0.3 is 5.97 Å². The molecule has 0 aliphatic rings. The van der Waals surface area contributed by atoms with Gasteiger partial charge < -0.3 is 18.9 Å².